The molecule has 0 aromatic carbocycles. The zero-order valence-electron chi connectivity index (χ0n) is 17.2. The fourth-order valence-electron chi connectivity index (χ4n) is 2.30. The lowest BCUT2D eigenvalue weighted by atomic mass is 9.98. The summed E-state index contributed by atoms with van der Waals surface area (Å²) in [4.78, 5) is 71.8. The van der Waals surface area contributed by atoms with E-state index >= 15 is 0 Å². The number of hydrogen-bond donors (Lipinski definition) is 5. The molecule has 7 N–H and O–H groups in total. The molecule has 0 spiro atoms. The van der Waals surface area contributed by atoms with Crippen molar-refractivity contribution in [2.24, 2.45) is 10.9 Å². The summed E-state index contributed by atoms with van der Waals surface area (Å²) in [6, 6.07) is -2.45. The van der Waals surface area contributed by atoms with Crippen LogP contribution >= 0.6 is 11.3 Å². The lowest BCUT2D eigenvalue weighted by molar-refractivity contribution is -0.240. The number of amides is 3. The number of nitrogens with two attached hydrogens (primary N) is 2. The van der Waals surface area contributed by atoms with E-state index in [4.69, 9.17) is 31.4 Å². The Morgan fingerprint density at radius 1 is 1.33 bits per heavy atom. The van der Waals surface area contributed by atoms with Crippen LogP contribution in [-0.2, 0) is 33.6 Å². The standard InChI is InChI=1S/C16H20N6O10S/c1-16(2,13(27)28)32-21-9(6-5-33-14(17)19-6)11(25)20-10-7(3-30-15(18)29)22(12(10)26)31-4-8(23)24/h5,7,10H,3-4H2,1-2H3,(H2,17,19)(H2,18,29)(H,20,25)(H,23,24)(H,27,28)/b21-9-/t7-,10-/m1/s1. The van der Waals surface area contributed by atoms with Crippen LogP contribution in [-0.4, -0.2) is 86.7 Å². The van der Waals surface area contributed by atoms with Gasteiger partial charge in [-0.15, -0.1) is 11.3 Å². The van der Waals surface area contributed by atoms with Crippen LogP contribution in [0.2, 0.25) is 0 Å². The molecule has 0 radical (unpaired) electrons. The highest BCUT2D eigenvalue weighted by atomic mass is 32.1. The summed E-state index contributed by atoms with van der Waals surface area (Å²) in [7, 11) is 0. The first-order chi connectivity index (χ1) is 15.3. The summed E-state index contributed by atoms with van der Waals surface area (Å²) >= 11 is 0.962. The summed E-state index contributed by atoms with van der Waals surface area (Å²) in [5.41, 5.74) is 8.12. The van der Waals surface area contributed by atoms with Crippen molar-refractivity contribution < 1.29 is 48.6 Å². The molecule has 1 fully saturated rings. The fourth-order valence-corrected chi connectivity index (χ4v) is 2.85. The quantitative estimate of drug-likeness (QED) is 0.130. The minimum atomic E-state index is -1.81. The van der Waals surface area contributed by atoms with Crippen molar-refractivity contribution in [3.63, 3.8) is 0 Å². The normalized spacial score (nSPS) is 18.3. The Morgan fingerprint density at radius 2 is 2.00 bits per heavy atom. The van der Waals surface area contributed by atoms with E-state index in [9.17, 15) is 24.0 Å². The van der Waals surface area contributed by atoms with Crippen LogP contribution in [0.5, 0.6) is 0 Å². The van der Waals surface area contributed by atoms with Gasteiger partial charge in [0, 0.05) is 5.38 Å². The number of nitrogen functional groups attached to an aromatic ring is 1. The number of thiazole rings is 1. The number of anilines is 1. The number of nitrogens with zero attached hydrogens (tertiary/aromatic N) is 3. The van der Waals surface area contributed by atoms with Gasteiger partial charge in [0.2, 0.25) is 5.60 Å². The molecule has 2 atom stereocenters. The molecule has 2 rings (SSSR count). The minimum Gasteiger partial charge on any atom is -0.479 e. The van der Waals surface area contributed by atoms with Crippen molar-refractivity contribution in [1.29, 1.82) is 0 Å². The molecule has 180 valence electrons. The maximum absolute atomic E-state index is 12.9. The van der Waals surface area contributed by atoms with E-state index in [-0.39, 0.29) is 10.8 Å². The molecule has 1 aliphatic heterocycles. The molecular formula is C16H20N6O10S. The smallest absolute Gasteiger partial charge is 0.404 e. The number of carboxylic acid groups (broad SMARTS) is 2. The largest absolute Gasteiger partial charge is 0.479 e. The predicted octanol–water partition coefficient (Wildman–Crippen LogP) is -1.88. The minimum absolute atomic E-state index is 0.0631. The number of carbonyl (C=O) groups is 5. The van der Waals surface area contributed by atoms with E-state index in [1.54, 1.807) is 0 Å². The van der Waals surface area contributed by atoms with Gasteiger partial charge in [0.05, 0.1) is 0 Å². The third-order valence-electron chi connectivity index (χ3n) is 4.04. The van der Waals surface area contributed by atoms with E-state index in [1.165, 1.54) is 19.2 Å². The van der Waals surface area contributed by atoms with Crippen LogP contribution in [0.15, 0.2) is 10.5 Å². The highest BCUT2D eigenvalue weighted by Gasteiger charge is 2.51. The Bertz CT molecular complexity index is 992. The molecule has 1 aliphatic rings. The zero-order chi connectivity index (χ0) is 24.9. The van der Waals surface area contributed by atoms with Crippen LogP contribution < -0.4 is 16.8 Å². The van der Waals surface area contributed by atoms with Gasteiger partial charge in [-0.1, -0.05) is 5.16 Å². The van der Waals surface area contributed by atoms with E-state index in [1.807, 2.05) is 0 Å². The Kier molecular flexibility index (Phi) is 7.72. The summed E-state index contributed by atoms with van der Waals surface area (Å²) in [5.74, 6) is -4.61. The van der Waals surface area contributed by atoms with Gasteiger partial charge in [-0.2, -0.15) is 0 Å². The molecule has 1 aromatic rings. The summed E-state index contributed by atoms with van der Waals surface area (Å²) < 4.78 is 4.63. The molecule has 0 unspecified atom stereocenters. The average molecular weight is 488 g/mol. The van der Waals surface area contributed by atoms with Gasteiger partial charge in [-0.05, 0) is 13.8 Å². The molecular weight excluding hydrogens is 468 g/mol. The van der Waals surface area contributed by atoms with E-state index in [0.717, 1.165) is 11.3 Å². The number of ether oxygens (including phenoxy) is 1. The van der Waals surface area contributed by atoms with Gasteiger partial charge in [0.1, 0.15) is 24.4 Å². The van der Waals surface area contributed by atoms with Gasteiger partial charge < -0.3 is 36.6 Å². The molecule has 1 aromatic heterocycles. The Hall–Kier alpha value is -3.99. The van der Waals surface area contributed by atoms with Crippen LogP contribution in [0.25, 0.3) is 0 Å². The maximum atomic E-state index is 12.9. The molecule has 3 amide bonds. The zero-order valence-corrected chi connectivity index (χ0v) is 18.0. The summed E-state index contributed by atoms with van der Waals surface area (Å²) in [5, 5.41) is 25.8. The average Bonchev–Trinajstić information content (AvgIpc) is 3.13. The van der Waals surface area contributed by atoms with Crippen molar-refractivity contribution >= 4 is 52.0 Å². The highest BCUT2D eigenvalue weighted by Crippen LogP contribution is 2.22. The summed E-state index contributed by atoms with van der Waals surface area (Å²) in [6.45, 7) is 0.981. The first-order valence-corrected chi connectivity index (χ1v) is 9.83. The number of carbonyl (C=O) groups excluding carboxylic acids is 3. The molecule has 16 nitrogen and oxygen atoms in total. The van der Waals surface area contributed by atoms with Crippen LogP contribution in [0.1, 0.15) is 19.5 Å². The molecule has 33 heavy (non-hydrogen) atoms. The summed E-state index contributed by atoms with van der Waals surface area (Å²) in [6.07, 6.45) is -1.18. The number of primary amides is 1. The second kappa shape index (κ2) is 10.1. The van der Waals surface area contributed by atoms with Gasteiger partial charge >= 0.3 is 18.0 Å². The number of aromatic nitrogens is 1. The van der Waals surface area contributed by atoms with Crippen molar-refractivity contribution in [2.45, 2.75) is 31.5 Å². The van der Waals surface area contributed by atoms with Gasteiger partial charge in [-0.25, -0.2) is 24.4 Å². The van der Waals surface area contributed by atoms with Crippen molar-refractivity contribution in [3.05, 3.63) is 11.1 Å². The number of rotatable bonds is 11. The van der Waals surface area contributed by atoms with Crippen LogP contribution in [0, 0.1) is 0 Å². The first kappa shape index (κ1) is 25.3. The number of oxime groups is 1. The number of nitrogens with one attached hydrogen (secondary N) is 1. The lowest BCUT2D eigenvalue weighted by Gasteiger charge is -2.44. The lowest BCUT2D eigenvalue weighted by Crippen LogP contribution is -2.72. The number of aliphatic carboxylic acids is 2. The Labute approximate surface area is 189 Å². The van der Waals surface area contributed by atoms with Gasteiger partial charge in [-0.3, -0.25) is 14.4 Å². The number of carboxylic acids is 2. The van der Waals surface area contributed by atoms with E-state index in [0.29, 0.717) is 5.06 Å². The molecule has 0 aliphatic carbocycles. The highest BCUT2D eigenvalue weighted by molar-refractivity contribution is 7.13. The molecule has 0 bridgehead atoms. The Morgan fingerprint density at radius 3 is 2.52 bits per heavy atom. The molecule has 17 heteroatoms. The topological polar surface area (TPSA) is 246 Å². The van der Waals surface area contributed by atoms with Crippen molar-refractivity contribution in [3.8, 4) is 0 Å². The monoisotopic (exact) mass is 488 g/mol. The fraction of sp³-hybridized carbons (Fsp3) is 0.438. The number of β-lactam (4-membered cyclic amide) rings is 1. The number of hydroxylamine groups is 2. The van der Waals surface area contributed by atoms with Gasteiger partial charge in [0.15, 0.2) is 17.5 Å². The third kappa shape index (κ3) is 6.26. The van der Waals surface area contributed by atoms with Crippen molar-refractivity contribution in [1.82, 2.24) is 15.4 Å². The Balaban J connectivity index is 2.24. The van der Waals surface area contributed by atoms with Gasteiger partial charge in [0.25, 0.3) is 11.8 Å². The predicted molar refractivity (Wildman–Crippen MR) is 108 cm³/mol. The molecule has 0 saturated carbocycles. The molecule has 2 heterocycles. The van der Waals surface area contributed by atoms with Crippen molar-refractivity contribution in [2.75, 3.05) is 18.9 Å². The maximum Gasteiger partial charge on any atom is 0.404 e. The third-order valence-corrected chi connectivity index (χ3v) is 4.71. The second-order valence-electron chi connectivity index (χ2n) is 6.90. The van der Waals surface area contributed by atoms with Crippen LogP contribution in [0.4, 0.5) is 9.93 Å². The SMILES string of the molecule is CC(C)(O/N=C(\C(=O)N[C@H]1C(=O)N(OCC(=O)O)[C@@H]1COC(N)=O)c1csc(N)n1)C(=O)O. The molecule has 1 saturated heterocycles. The second-order valence-corrected chi connectivity index (χ2v) is 7.79. The van der Waals surface area contributed by atoms with Crippen LogP contribution in [0.3, 0.4) is 0 Å². The van der Waals surface area contributed by atoms with E-state index < -0.39 is 66.5 Å². The number of hydrogen-bond acceptors (Lipinski definition) is 12. The first-order valence-electron chi connectivity index (χ1n) is 8.95. The van der Waals surface area contributed by atoms with E-state index in [2.05, 4.69) is 20.2 Å².